The van der Waals surface area contributed by atoms with Crippen molar-refractivity contribution in [2.24, 2.45) is 5.92 Å². The smallest absolute Gasteiger partial charge is 0.220 e. The number of hydrogen-bond donors (Lipinski definition) is 1. The monoisotopic (exact) mass is 219 g/mol. The van der Waals surface area contributed by atoms with Crippen LogP contribution in [0, 0.1) is 5.92 Å². The summed E-state index contributed by atoms with van der Waals surface area (Å²) in [5, 5.41) is 3.01. The second kappa shape index (κ2) is 6.31. The van der Waals surface area contributed by atoms with Crippen LogP contribution in [0.25, 0.3) is 0 Å². The summed E-state index contributed by atoms with van der Waals surface area (Å²) in [6.45, 7) is 6.27. The molecule has 16 heavy (non-hydrogen) atoms. The zero-order chi connectivity index (χ0) is 12.0. The van der Waals surface area contributed by atoms with Crippen LogP contribution in [0.2, 0.25) is 0 Å². The Bertz CT molecular complexity index is 319. The average Bonchev–Trinajstić information content (AvgIpc) is 2.27. The normalized spacial score (nSPS) is 12.5. The maximum Gasteiger partial charge on any atom is 0.220 e. The zero-order valence-corrected chi connectivity index (χ0v) is 10.4. The molecule has 0 unspecified atom stereocenters. The first-order chi connectivity index (χ1) is 7.59. The standard InChI is InChI=1S/C14H21NO/c1-11(2)12(3)15-14(16)10-9-13-7-5-4-6-8-13/h4-8,11-12H,9-10H2,1-3H3,(H,15,16)/t12-/m1/s1. The van der Waals surface area contributed by atoms with E-state index in [0.29, 0.717) is 12.3 Å². The van der Waals surface area contributed by atoms with E-state index in [1.165, 1.54) is 5.56 Å². The fraction of sp³-hybridized carbons (Fsp3) is 0.500. The maximum absolute atomic E-state index is 11.6. The molecule has 1 N–H and O–H groups in total. The number of rotatable bonds is 5. The van der Waals surface area contributed by atoms with Crippen molar-refractivity contribution in [1.82, 2.24) is 5.32 Å². The van der Waals surface area contributed by atoms with Gasteiger partial charge in [-0.3, -0.25) is 4.79 Å². The van der Waals surface area contributed by atoms with Crippen molar-refractivity contribution in [3.63, 3.8) is 0 Å². The molecule has 1 rings (SSSR count). The lowest BCUT2D eigenvalue weighted by atomic mass is 10.1. The van der Waals surface area contributed by atoms with Crippen molar-refractivity contribution >= 4 is 5.91 Å². The molecule has 0 heterocycles. The number of carbonyl (C=O) groups excluding carboxylic acids is 1. The van der Waals surface area contributed by atoms with Crippen molar-refractivity contribution in [2.45, 2.75) is 39.7 Å². The lowest BCUT2D eigenvalue weighted by Gasteiger charge is -2.17. The van der Waals surface area contributed by atoms with Crippen LogP contribution in [0.5, 0.6) is 0 Å². The van der Waals surface area contributed by atoms with Gasteiger partial charge in [0.2, 0.25) is 5.91 Å². The van der Waals surface area contributed by atoms with E-state index in [1.54, 1.807) is 0 Å². The predicted octanol–water partition coefficient (Wildman–Crippen LogP) is 2.78. The highest BCUT2D eigenvalue weighted by molar-refractivity contribution is 5.76. The number of hydrogen-bond acceptors (Lipinski definition) is 1. The molecule has 0 radical (unpaired) electrons. The molecule has 0 aliphatic rings. The van der Waals surface area contributed by atoms with E-state index in [1.807, 2.05) is 25.1 Å². The molecule has 1 amide bonds. The minimum absolute atomic E-state index is 0.144. The second-order valence-corrected chi connectivity index (χ2v) is 4.59. The Kier molecular flexibility index (Phi) is 5.03. The average molecular weight is 219 g/mol. The molecule has 1 aromatic rings. The summed E-state index contributed by atoms with van der Waals surface area (Å²) in [5.41, 5.74) is 1.22. The Hall–Kier alpha value is -1.31. The van der Waals surface area contributed by atoms with Crippen LogP contribution in [-0.2, 0) is 11.2 Å². The number of benzene rings is 1. The Labute approximate surface area is 98.1 Å². The molecule has 0 saturated carbocycles. The molecule has 1 aromatic carbocycles. The van der Waals surface area contributed by atoms with E-state index in [4.69, 9.17) is 0 Å². The summed E-state index contributed by atoms with van der Waals surface area (Å²) in [6, 6.07) is 10.4. The third-order valence-electron chi connectivity index (χ3n) is 2.87. The van der Waals surface area contributed by atoms with Gasteiger partial charge in [0.25, 0.3) is 0 Å². The summed E-state index contributed by atoms with van der Waals surface area (Å²) in [4.78, 5) is 11.6. The summed E-state index contributed by atoms with van der Waals surface area (Å²) < 4.78 is 0. The molecule has 0 saturated heterocycles. The van der Waals surface area contributed by atoms with Gasteiger partial charge in [0, 0.05) is 12.5 Å². The SMILES string of the molecule is CC(C)[C@@H](C)NC(=O)CCc1ccccc1. The van der Waals surface area contributed by atoms with Crippen LogP contribution in [0.3, 0.4) is 0 Å². The summed E-state index contributed by atoms with van der Waals surface area (Å²) in [5.74, 6) is 0.630. The van der Waals surface area contributed by atoms with Gasteiger partial charge in [0.1, 0.15) is 0 Å². The van der Waals surface area contributed by atoms with Gasteiger partial charge >= 0.3 is 0 Å². The largest absolute Gasteiger partial charge is 0.353 e. The lowest BCUT2D eigenvalue weighted by molar-refractivity contribution is -0.121. The van der Waals surface area contributed by atoms with Crippen LogP contribution in [0.1, 0.15) is 32.8 Å². The molecule has 2 heteroatoms. The molecule has 0 aromatic heterocycles. The van der Waals surface area contributed by atoms with Crippen LogP contribution >= 0.6 is 0 Å². The Morgan fingerprint density at radius 1 is 1.19 bits per heavy atom. The molecule has 2 nitrogen and oxygen atoms in total. The van der Waals surface area contributed by atoms with Crippen molar-refractivity contribution < 1.29 is 4.79 Å². The van der Waals surface area contributed by atoms with Gasteiger partial charge in [0.15, 0.2) is 0 Å². The fourth-order valence-electron chi connectivity index (χ4n) is 1.40. The fourth-order valence-corrected chi connectivity index (χ4v) is 1.40. The molecule has 0 bridgehead atoms. The first-order valence-electron chi connectivity index (χ1n) is 5.93. The molecular formula is C14H21NO. The number of nitrogens with one attached hydrogen (secondary N) is 1. The van der Waals surface area contributed by atoms with Gasteiger partial charge in [-0.05, 0) is 24.8 Å². The van der Waals surface area contributed by atoms with E-state index in [9.17, 15) is 4.79 Å². The first kappa shape index (κ1) is 12.8. The Morgan fingerprint density at radius 2 is 1.81 bits per heavy atom. The second-order valence-electron chi connectivity index (χ2n) is 4.59. The van der Waals surface area contributed by atoms with Crippen LogP contribution < -0.4 is 5.32 Å². The van der Waals surface area contributed by atoms with E-state index < -0.39 is 0 Å². The summed E-state index contributed by atoms with van der Waals surface area (Å²) >= 11 is 0. The van der Waals surface area contributed by atoms with Crippen LogP contribution in [-0.4, -0.2) is 11.9 Å². The topological polar surface area (TPSA) is 29.1 Å². The van der Waals surface area contributed by atoms with Crippen molar-refractivity contribution in [2.75, 3.05) is 0 Å². The number of amides is 1. The van der Waals surface area contributed by atoms with E-state index >= 15 is 0 Å². The molecular weight excluding hydrogens is 198 g/mol. The predicted molar refractivity (Wildman–Crippen MR) is 67.2 cm³/mol. The third kappa shape index (κ3) is 4.47. The van der Waals surface area contributed by atoms with Crippen molar-refractivity contribution in [1.29, 1.82) is 0 Å². The molecule has 0 fully saturated rings. The molecule has 0 spiro atoms. The third-order valence-corrected chi connectivity index (χ3v) is 2.87. The minimum atomic E-state index is 0.144. The molecule has 0 aliphatic carbocycles. The molecule has 88 valence electrons. The maximum atomic E-state index is 11.6. The van der Waals surface area contributed by atoms with Gasteiger partial charge in [-0.15, -0.1) is 0 Å². The zero-order valence-electron chi connectivity index (χ0n) is 10.4. The van der Waals surface area contributed by atoms with Crippen molar-refractivity contribution in [3.8, 4) is 0 Å². The van der Waals surface area contributed by atoms with Crippen LogP contribution in [0.4, 0.5) is 0 Å². The van der Waals surface area contributed by atoms with Gasteiger partial charge in [0.05, 0.1) is 0 Å². The Morgan fingerprint density at radius 3 is 2.38 bits per heavy atom. The lowest BCUT2D eigenvalue weighted by Crippen LogP contribution is -2.36. The highest BCUT2D eigenvalue weighted by Crippen LogP contribution is 2.04. The number of aryl methyl sites for hydroxylation is 1. The Balaban J connectivity index is 2.31. The van der Waals surface area contributed by atoms with E-state index in [0.717, 1.165) is 6.42 Å². The highest BCUT2D eigenvalue weighted by Gasteiger charge is 2.10. The minimum Gasteiger partial charge on any atom is -0.353 e. The van der Waals surface area contributed by atoms with Gasteiger partial charge in [-0.2, -0.15) is 0 Å². The van der Waals surface area contributed by atoms with Gasteiger partial charge in [-0.1, -0.05) is 44.2 Å². The van der Waals surface area contributed by atoms with Crippen LogP contribution in [0.15, 0.2) is 30.3 Å². The van der Waals surface area contributed by atoms with Crippen molar-refractivity contribution in [3.05, 3.63) is 35.9 Å². The first-order valence-corrected chi connectivity index (χ1v) is 5.93. The molecule has 1 atom stereocenters. The van der Waals surface area contributed by atoms with E-state index in [-0.39, 0.29) is 11.9 Å². The highest BCUT2D eigenvalue weighted by atomic mass is 16.1. The summed E-state index contributed by atoms with van der Waals surface area (Å²) in [7, 11) is 0. The number of carbonyl (C=O) groups is 1. The quantitative estimate of drug-likeness (QED) is 0.810. The van der Waals surface area contributed by atoms with E-state index in [2.05, 4.69) is 31.3 Å². The summed E-state index contributed by atoms with van der Waals surface area (Å²) in [6.07, 6.45) is 1.39. The molecule has 0 aliphatic heterocycles. The van der Waals surface area contributed by atoms with Gasteiger partial charge in [-0.25, -0.2) is 0 Å². The van der Waals surface area contributed by atoms with Gasteiger partial charge < -0.3 is 5.32 Å².